The van der Waals surface area contributed by atoms with Crippen LogP contribution < -0.4 is 11.0 Å². The third-order valence-corrected chi connectivity index (χ3v) is 5.03. The van der Waals surface area contributed by atoms with Crippen LogP contribution in [0.1, 0.15) is 13.0 Å². The Bertz CT molecular complexity index is 1390. The highest BCUT2D eigenvalue weighted by Gasteiger charge is 2.18. The molecule has 0 aliphatic carbocycles. The van der Waals surface area contributed by atoms with Gasteiger partial charge in [-0.15, -0.1) is 0 Å². The Kier molecular flexibility index (Phi) is 5.01. The van der Waals surface area contributed by atoms with Crippen LogP contribution in [0, 0.1) is 16.6 Å². The molecule has 150 valence electrons. The standard InChI is InChI=1S/C21H16ClFN6O/c1-12(28-8-6-18-15(21(28)30)3-2-7-26-18)19(24)29-11-13(9-16(23)20(29)25)17-5-4-14(22)10-27-17/h2-12,24-25H,1H3/t12-/m1/s1. The first-order valence-electron chi connectivity index (χ1n) is 9.00. The summed E-state index contributed by atoms with van der Waals surface area (Å²) in [6, 6.07) is 8.67. The zero-order valence-corrected chi connectivity index (χ0v) is 16.6. The van der Waals surface area contributed by atoms with Crippen LogP contribution in [0.3, 0.4) is 0 Å². The van der Waals surface area contributed by atoms with Crippen LogP contribution in [0.5, 0.6) is 0 Å². The van der Waals surface area contributed by atoms with E-state index in [0.29, 0.717) is 27.2 Å². The third kappa shape index (κ3) is 3.42. The van der Waals surface area contributed by atoms with Crippen molar-refractivity contribution < 1.29 is 4.39 Å². The number of hydrogen-bond acceptors (Lipinski definition) is 5. The van der Waals surface area contributed by atoms with Crippen molar-refractivity contribution in [2.45, 2.75) is 13.0 Å². The summed E-state index contributed by atoms with van der Waals surface area (Å²) in [6.07, 6.45) is 6.03. The predicted molar refractivity (Wildman–Crippen MR) is 112 cm³/mol. The molecular weight excluding hydrogens is 407 g/mol. The highest BCUT2D eigenvalue weighted by molar-refractivity contribution is 6.30. The minimum absolute atomic E-state index is 0.139. The molecule has 4 heterocycles. The van der Waals surface area contributed by atoms with E-state index in [4.69, 9.17) is 22.4 Å². The Morgan fingerprint density at radius 1 is 1.23 bits per heavy atom. The predicted octanol–water partition coefficient (Wildman–Crippen LogP) is 3.62. The molecule has 0 unspecified atom stereocenters. The average molecular weight is 423 g/mol. The van der Waals surface area contributed by atoms with E-state index in [9.17, 15) is 9.18 Å². The molecule has 0 bridgehead atoms. The lowest BCUT2D eigenvalue weighted by molar-refractivity contribution is 0.582. The Morgan fingerprint density at radius 3 is 2.77 bits per heavy atom. The minimum atomic E-state index is -0.809. The Labute approximate surface area is 175 Å². The van der Waals surface area contributed by atoms with Crippen LogP contribution in [0.2, 0.25) is 5.02 Å². The SMILES string of the molecule is C[C@H](C(=N)n1cc(-c2ccc(Cl)cn2)cc(F)c1=N)n1ccc2ncccc2c1=O. The highest BCUT2D eigenvalue weighted by Crippen LogP contribution is 2.19. The largest absolute Gasteiger partial charge is 0.305 e. The molecule has 4 rings (SSSR count). The summed E-state index contributed by atoms with van der Waals surface area (Å²) in [6.45, 7) is 1.64. The molecule has 4 aromatic heterocycles. The average Bonchev–Trinajstić information content (AvgIpc) is 2.75. The van der Waals surface area contributed by atoms with Gasteiger partial charge in [-0.25, -0.2) is 4.39 Å². The zero-order chi connectivity index (χ0) is 21.4. The van der Waals surface area contributed by atoms with E-state index in [1.807, 2.05) is 0 Å². The van der Waals surface area contributed by atoms with Crippen LogP contribution >= 0.6 is 11.6 Å². The molecule has 1 atom stereocenters. The van der Waals surface area contributed by atoms with Gasteiger partial charge in [-0.3, -0.25) is 30.1 Å². The van der Waals surface area contributed by atoms with Crippen molar-refractivity contribution in [3.63, 3.8) is 0 Å². The van der Waals surface area contributed by atoms with E-state index in [2.05, 4.69) is 9.97 Å². The van der Waals surface area contributed by atoms with Gasteiger partial charge >= 0.3 is 0 Å². The number of fused-ring (bicyclic) bond motifs is 1. The van der Waals surface area contributed by atoms with E-state index in [1.54, 1.807) is 49.6 Å². The second-order valence-electron chi connectivity index (χ2n) is 6.68. The van der Waals surface area contributed by atoms with Gasteiger partial charge in [0.25, 0.3) is 5.56 Å². The maximum absolute atomic E-state index is 14.5. The molecule has 0 aliphatic heterocycles. The van der Waals surface area contributed by atoms with Crippen molar-refractivity contribution in [1.82, 2.24) is 19.1 Å². The van der Waals surface area contributed by atoms with Crippen LogP contribution in [0.4, 0.5) is 4.39 Å². The summed E-state index contributed by atoms with van der Waals surface area (Å²) in [5.41, 5.74) is 0.572. The van der Waals surface area contributed by atoms with Crippen molar-refractivity contribution in [2.75, 3.05) is 0 Å². The molecule has 0 saturated carbocycles. The molecule has 0 spiro atoms. The first-order valence-corrected chi connectivity index (χ1v) is 9.38. The van der Waals surface area contributed by atoms with Gasteiger partial charge in [0.2, 0.25) is 0 Å². The number of halogens is 2. The molecule has 2 N–H and O–H groups in total. The molecule has 4 aromatic rings. The van der Waals surface area contributed by atoms with Crippen molar-refractivity contribution in [1.29, 1.82) is 10.8 Å². The molecule has 0 amide bonds. The topological polar surface area (TPSA) is 100 Å². The molecule has 0 aliphatic rings. The fraction of sp³-hybridized carbons (Fsp3) is 0.0952. The molecule has 30 heavy (non-hydrogen) atoms. The van der Waals surface area contributed by atoms with Crippen molar-refractivity contribution in [2.24, 2.45) is 0 Å². The van der Waals surface area contributed by atoms with Crippen LogP contribution in [-0.4, -0.2) is 24.9 Å². The number of rotatable bonds is 3. The third-order valence-electron chi connectivity index (χ3n) is 4.81. The Balaban J connectivity index is 1.79. The van der Waals surface area contributed by atoms with Crippen molar-refractivity contribution in [3.8, 4) is 11.3 Å². The normalized spacial score (nSPS) is 12.1. The van der Waals surface area contributed by atoms with Gasteiger partial charge in [-0.2, -0.15) is 0 Å². The first kappa shape index (κ1) is 19.7. The molecule has 0 fully saturated rings. The summed E-state index contributed by atoms with van der Waals surface area (Å²) in [4.78, 5) is 21.2. The van der Waals surface area contributed by atoms with Gasteiger partial charge in [-0.1, -0.05) is 11.6 Å². The summed E-state index contributed by atoms with van der Waals surface area (Å²) >= 11 is 5.86. The monoisotopic (exact) mass is 422 g/mol. The van der Waals surface area contributed by atoms with Crippen molar-refractivity contribution >= 4 is 28.3 Å². The van der Waals surface area contributed by atoms with Gasteiger partial charge in [-0.05, 0) is 43.3 Å². The van der Waals surface area contributed by atoms with Gasteiger partial charge in [0.05, 0.1) is 27.7 Å². The lowest BCUT2D eigenvalue weighted by atomic mass is 10.1. The maximum Gasteiger partial charge on any atom is 0.260 e. The fourth-order valence-electron chi connectivity index (χ4n) is 3.16. The summed E-state index contributed by atoms with van der Waals surface area (Å²) < 4.78 is 17.0. The maximum atomic E-state index is 14.5. The van der Waals surface area contributed by atoms with E-state index in [0.717, 1.165) is 4.57 Å². The number of nitrogens with zero attached hydrogens (tertiary/aromatic N) is 4. The number of hydrogen-bond donors (Lipinski definition) is 2. The summed E-state index contributed by atoms with van der Waals surface area (Å²) in [5.74, 6) is -0.948. The van der Waals surface area contributed by atoms with E-state index < -0.39 is 17.3 Å². The van der Waals surface area contributed by atoms with Gasteiger partial charge in [0.15, 0.2) is 11.3 Å². The molecule has 7 nitrogen and oxygen atoms in total. The molecule has 0 radical (unpaired) electrons. The van der Waals surface area contributed by atoms with Gasteiger partial charge < -0.3 is 4.57 Å². The molecule has 0 saturated heterocycles. The smallest absolute Gasteiger partial charge is 0.260 e. The number of nitrogens with one attached hydrogen (secondary N) is 2. The van der Waals surface area contributed by atoms with Crippen molar-refractivity contribution in [3.05, 3.63) is 87.9 Å². The van der Waals surface area contributed by atoms with Gasteiger partial charge in [0.1, 0.15) is 5.84 Å². The lowest BCUT2D eigenvalue weighted by Gasteiger charge is -2.19. The fourth-order valence-corrected chi connectivity index (χ4v) is 3.28. The van der Waals surface area contributed by atoms with Crippen LogP contribution in [-0.2, 0) is 0 Å². The Hall–Kier alpha value is -3.65. The molecule has 0 aromatic carbocycles. The van der Waals surface area contributed by atoms with Gasteiger partial charge in [0, 0.05) is 30.4 Å². The first-order chi connectivity index (χ1) is 14.4. The minimum Gasteiger partial charge on any atom is -0.305 e. The molecular formula is C21H16ClFN6O. The number of pyridine rings is 4. The van der Waals surface area contributed by atoms with E-state index in [-0.39, 0.29) is 11.4 Å². The number of aromatic nitrogens is 4. The second kappa shape index (κ2) is 7.64. The molecule has 9 heteroatoms. The van der Waals surface area contributed by atoms with E-state index in [1.165, 1.54) is 23.0 Å². The summed E-state index contributed by atoms with van der Waals surface area (Å²) in [5, 5.41) is 17.5. The highest BCUT2D eigenvalue weighted by atomic mass is 35.5. The van der Waals surface area contributed by atoms with Crippen LogP contribution in [0.25, 0.3) is 22.2 Å². The lowest BCUT2D eigenvalue weighted by Crippen LogP contribution is -2.36. The second-order valence-corrected chi connectivity index (χ2v) is 7.12. The van der Waals surface area contributed by atoms with Crippen LogP contribution in [0.15, 0.2) is 66.0 Å². The summed E-state index contributed by atoms with van der Waals surface area (Å²) in [7, 11) is 0. The van der Waals surface area contributed by atoms with E-state index >= 15 is 0 Å². The zero-order valence-electron chi connectivity index (χ0n) is 15.8. The quantitative estimate of drug-likeness (QED) is 0.389. The Morgan fingerprint density at radius 2 is 2.03 bits per heavy atom.